The van der Waals surface area contributed by atoms with E-state index >= 15 is 0 Å². The van der Waals surface area contributed by atoms with Crippen LogP contribution < -0.4 is 14.8 Å². The van der Waals surface area contributed by atoms with Gasteiger partial charge in [-0.05, 0) is 31.2 Å². The summed E-state index contributed by atoms with van der Waals surface area (Å²) in [4.78, 5) is 12.0. The maximum absolute atomic E-state index is 12.0. The minimum absolute atomic E-state index is 0.181. The van der Waals surface area contributed by atoms with E-state index in [-0.39, 0.29) is 12.5 Å². The van der Waals surface area contributed by atoms with E-state index < -0.39 is 0 Å². The second kappa shape index (κ2) is 7.70. The van der Waals surface area contributed by atoms with Crippen molar-refractivity contribution in [2.24, 2.45) is 0 Å². The van der Waals surface area contributed by atoms with Crippen LogP contribution in [-0.4, -0.2) is 19.1 Å². The molecule has 0 bridgehead atoms. The normalized spacial score (nSPS) is 9.64. The Hall–Kier alpha value is -3.00. The van der Waals surface area contributed by atoms with Crippen molar-refractivity contribution in [2.45, 2.75) is 6.92 Å². The van der Waals surface area contributed by atoms with Gasteiger partial charge in [-0.3, -0.25) is 4.79 Å². The molecule has 22 heavy (non-hydrogen) atoms. The molecule has 1 N–H and O–H groups in total. The third-order valence-electron chi connectivity index (χ3n) is 2.83. The number of nitriles is 1. The summed E-state index contributed by atoms with van der Waals surface area (Å²) in [7, 11) is 0. The van der Waals surface area contributed by atoms with Crippen LogP contribution in [0.2, 0.25) is 0 Å². The van der Waals surface area contributed by atoms with E-state index in [0.29, 0.717) is 29.4 Å². The van der Waals surface area contributed by atoms with Crippen molar-refractivity contribution in [1.82, 2.24) is 0 Å². The molecule has 2 aromatic carbocycles. The highest BCUT2D eigenvalue weighted by atomic mass is 16.5. The number of rotatable bonds is 6. The van der Waals surface area contributed by atoms with E-state index in [1.54, 1.807) is 36.4 Å². The molecule has 0 heterocycles. The van der Waals surface area contributed by atoms with Crippen LogP contribution in [0.25, 0.3) is 0 Å². The quantitative estimate of drug-likeness (QED) is 0.889. The summed E-state index contributed by atoms with van der Waals surface area (Å²) in [6.45, 7) is 2.21. The summed E-state index contributed by atoms with van der Waals surface area (Å²) >= 11 is 0. The Kier molecular flexibility index (Phi) is 5.38. The van der Waals surface area contributed by atoms with Crippen molar-refractivity contribution in [3.8, 4) is 17.6 Å². The molecule has 0 fully saturated rings. The summed E-state index contributed by atoms with van der Waals surface area (Å²) in [6.07, 6.45) is 0. The SMILES string of the molecule is CCOc1ccccc1NC(=O)COc1ccccc1C#N. The molecule has 0 atom stereocenters. The number of carbonyl (C=O) groups excluding carboxylic acids is 1. The van der Waals surface area contributed by atoms with Gasteiger partial charge >= 0.3 is 0 Å². The fraction of sp³-hybridized carbons (Fsp3) is 0.176. The van der Waals surface area contributed by atoms with E-state index in [1.165, 1.54) is 0 Å². The average molecular weight is 296 g/mol. The van der Waals surface area contributed by atoms with Gasteiger partial charge in [-0.25, -0.2) is 0 Å². The van der Waals surface area contributed by atoms with Gasteiger partial charge in [0.05, 0.1) is 17.9 Å². The lowest BCUT2D eigenvalue weighted by molar-refractivity contribution is -0.118. The standard InChI is InChI=1S/C17H16N2O3/c1-2-21-16-10-6-4-8-14(16)19-17(20)12-22-15-9-5-3-7-13(15)11-18/h3-10H,2,12H2,1H3,(H,19,20). The predicted octanol–water partition coefficient (Wildman–Crippen LogP) is 2.97. The number of para-hydroxylation sites is 3. The highest BCUT2D eigenvalue weighted by Crippen LogP contribution is 2.23. The Morgan fingerprint density at radius 1 is 1.09 bits per heavy atom. The van der Waals surface area contributed by atoms with Crippen LogP contribution in [0.5, 0.6) is 11.5 Å². The molecule has 5 nitrogen and oxygen atoms in total. The zero-order valence-corrected chi connectivity index (χ0v) is 12.2. The van der Waals surface area contributed by atoms with Crippen LogP contribution in [0.3, 0.4) is 0 Å². The van der Waals surface area contributed by atoms with Crippen molar-refractivity contribution >= 4 is 11.6 Å². The first-order valence-electron chi connectivity index (χ1n) is 6.88. The molecule has 2 rings (SSSR count). The lowest BCUT2D eigenvalue weighted by atomic mass is 10.2. The summed E-state index contributed by atoms with van der Waals surface area (Å²) < 4.78 is 10.8. The summed E-state index contributed by atoms with van der Waals surface area (Å²) in [5, 5.41) is 11.7. The number of benzene rings is 2. The Morgan fingerprint density at radius 3 is 2.50 bits per heavy atom. The minimum Gasteiger partial charge on any atom is -0.492 e. The number of ether oxygens (including phenoxy) is 2. The maximum Gasteiger partial charge on any atom is 0.262 e. The molecule has 0 aliphatic carbocycles. The second-order valence-corrected chi connectivity index (χ2v) is 4.37. The lowest BCUT2D eigenvalue weighted by Gasteiger charge is -2.12. The number of anilines is 1. The molecule has 2 aromatic rings. The molecule has 1 amide bonds. The van der Waals surface area contributed by atoms with Crippen LogP contribution in [-0.2, 0) is 4.79 Å². The molecule has 0 radical (unpaired) electrons. The monoisotopic (exact) mass is 296 g/mol. The molecule has 112 valence electrons. The van der Waals surface area contributed by atoms with Crippen molar-refractivity contribution < 1.29 is 14.3 Å². The van der Waals surface area contributed by atoms with Gasteiger partial charge in [-0.1, -0.05) is 24.3 Å². The highest BCUT2D eigenvalue weighted by molar-refractivity contribution is 5.93. The van der Waals surface area contributed by atoms with Gasteiger partial charge in [0.15, 0.2) is 6.61 Å². The molecule has 0 saturated heterocycles. The van der Waals surface area contributed by atoms with E-state index in [0.717, 1.165) is 0 Å². The van der Waals surface area contributed by atoms with Gasteiger partial charge in [0.1, 0.15) is 17.6 Å². The van der Waals surface area contributed by atoms with Gasteiger partial charge < -0.3 is 14.8 Å². The van der Waals surface area contributed by atoms with Crippen LogP contribution in [0.4, 0.5) is 5.69 Å². The molecule has 0 aliphatic rings. The Labute approximate surface area is 129 Å². The molecule has 5 heteroatoms. The first-order chi connectivity index (χ1) is 10.7. The summed E-state index contributed by atoms with van der Waals surface area (Å²) in [5.41, 5.74) is 0.983. The number of nitrogens with one attached hydrogen (secondary N) is 1. The van der Waals surface area contributed by atoms with Crippen molar-refractivity contribution in [1.29, 1.82) is 5.26 Å². The van der Waals surface area contributed by atoms with E-state index in [4.69, 9.17) is 14.7 Å². The van der Waals surface area contributed by atoms with Crippen molar-refractivity contribution in [3.05, 3.63) is 54.1 Å². The number of nitrogens with zero attached hydrogens (tertiary/aromatic N) is 1. The van der Waals surface area contributed by atoms with Gasteiger partial charge in [-0.15, -0.1) is 0 Å². The van der Waals surface area contributed by atoms with Crippen molar-refractivity contribution in [3.63, 3.8) is 0 Å². The first kappa shape index (κ1) is 15.4. The number of amides is 1. The molecule has 0 aromatic heterocycles. The summed E-state index contributed by atoms with van der Waals surface area (Å²) in [5.74, 6) is 0.675. The van der Waals surface area contributed by atoms with Crippen LogP contribution in [0.15, 0.2) is 48.5 Å². The number of hydrogen-bond acceptors (Lipinski definition) is 4. The molecule has 0 saturated carbocycles. The number of hydrogen-bond donors (Lipinski definition) is 1. The zero-order chi connectivity index (χ0) is 15.8. The van der Waals surface area contributed by atoms with E-state index in [2.05, 4.69) is 5.32 Å². The van der Waals surface area contributed by atoms with Gasteiger partial charge in [-0.2, -0.15) is 5.26 Å². The third kappa shape index (κ3) is 4.00. The summed E-state index contributed by atoms with van der Waals surface area (Å²) in [6, 6.07) is 16.0. The Balaban J connectivity index is 1.98. The molecule has 0 aliphatic heterocycles. The predicted molar refractivity (Wildman–Crippen MR) is 82.9 cm³/mol. The van der Waals surface area contributed by atoms with Crippen LogP contribution >= 0.6 is 0 Å². The smallest absolute Gasteiger partial charge is 0.262 e. The molecule has 0 unspecified atom stereocenters. The van der Waals surface area contributed by atoms with Crippen LogP contribution in [0, 0.1) is 11.3 Å². The zero-order valence-electron chi connectivity index (χ0n) is 12.2. The van der Waals surface area contributed by atoms with Crippen molar-refractivity contribution in [2.75, 3.05) is 18.5 Å². The van der Waals surface area contributed by atoms with E-state index in [1.807, 2.05) is 25.1 Å². The first-order valence-corrected chi connectivity index (χ1v) is 6.88. The van der Waals surface area contributed by atoms with E-state index in [9.17, 15) is 4.79 Å². The Bertz CT molecular complexity index is 692. The molecular formula is C17H16N2O3. The topological polar surface area (TPSA) is 71.3 Å². The maximum atomic E-state index is 12.0. The minimum atomic E-state index is -0.320. The molecule has 0 spiro atoms. The Morgan fingerprint density at radius 2 is 1.77 bits per heavy atom. The van der Waals surface area contributed by atoms with Gasteiger partial charge in [0.2, 0.25) is 0 Å². The highest BCUT2D eigenvalue weighted by Gasteiger charge is 2.09. The largest absolute Gasteiger partial charge is 0.492 e. The van der Waals surface area contributed by atoms with Crippen LogP contribution in [0.1, 0.15) is 12.5 Å². The fourth-order valence-electron chi connectivity index (χ4n) is 1.87. The second-order valence-electron chi connectivity index (χ2n) is 4.37. The lowest BCUT2D eigenvalue weighted by Crippen LogP contribution is -2.20. The third-order valence-corrected chi connectivity index (χ3v) is 2.83. The average Bonchev–Trinajstić information content (AvgIpc) is 2.55. The van der Waals surface area contributed by atoms with Gasteiger partial charge in [0, 0.05) is 0 Å². The fourth-order valence-corrected chi connectivity index (χ4v) is 1.87. The number of carbonyl (C=O) groups is 1. The van der Waals surface area contributed by atoms with Gasteiger partial charge in [0.25, 0.3) is 5.91 Å². The molecular weight excluding hydrogens is 280 g/mol.